The van der Waals surface area contributed by atoms with Crippen molar-refractivity contribution in [1.29, 1.82) is 0 Å². The van der Waals surface area contributed by atoms with E-state index in [1.807, 2.05) is 0 Å². The van der Waals surface area contributed by atoms with Crippen LogP contribution in [0.2, 0.25) is 10.0 Å². The molecule has 0 bridgehead atoms. The predicted molar refractivity (Wildman–Crippen MR) is 119 cm³/mol. The Kier molecular flexibility index (Phi) is 7.34. The third-order valence-corrected chi connectivity index (χ3v) is 6.29. The van der Waals surface area contributed by atoms with Crippen molar-refractivity contribution in [2.75, 3.05) is 4.72 Å². The van der Waals surface area contributed by atoms with Gasteiger partial charge in [-0.25, -0.2) is 12.8 Å². The Morgan fingerprint density at radius 1 is 0.875 bits per heavy atom. The molecule has 0 saturated carbocycles. The number of rotatable bonds is 6. The number of carbonyl (C=O) groups is 2. The molecular weight excluding hydrogens is 480 g/mol. The first kappa shape index (κ1) is 23.5. The summed E-state index contributed by atoms with van der Waals surface area (Å²) in [5.74, 6) is -1.59. The topological polar surface area (TPSA) is 104 Å². The molecule has 0 spiro atoms. The molecule has 32 heavy (non-hydrogen) atoms. The highest BCUT2D eigenvalue weighted by Gasteiger charge is 2.17. The second-order valence-electron chi connectivity index (χ2n) is 6.57. The summed E-state index contributed by atoms with van der Waals surface area (Å²) in [6.07, 6.45) is -0.0654. The number of amides is 2. The summed E-state index contributed by atoms with van der Waals surface area (Å²) in [5.41, 5.74) is 5.29. The first-order valence-electron chi connectivity index (χ1n) is 9.05. The van der Waals surface area contributed by atoms with Crippen molar-refractivity contribution in [2.24, 2.45) is 0 Å². The molecule has 0 aliphatic heterocycles. The van der Waals surface area contributed by atoms with Crippen LogP contribution in [0.5, 0.6) is 0 Å². The maximum absolute atomic E-state index is 12.9. The van der Waals surface area contributed by atoms with Gasteiger partial charge in [0, 0.05) is 11.3 Å². The summed E-state index contributed by atoms with van der Waals surface area (Å²) < 4.78 is 40.4. The number of nitrogens with one attached hydrogen (secondary N) is 3. The minimum absolute atomic E-state index is 0.0654. The second kappa shape index (κ2) is 9.99. The summed E-state index contributed by atoms with van der Waals surface area (Å²) in [6.45, 7) is 0. The van der Waals surface area contributed by atoms with Crippen LogP contribution in [0.3, 0.4) is 0 Å². The molecule has 0 fully saturated rings. The number of hydrogen-bond acceptors (Lipinski definition) is 4. The zero-order valence-electron chi connectivity index (χ0n) is 16.2. The first-order chi connectivity index (χ1) is 15.1. The first-order valence-corrected chi connectivity index (χ1v) is 11.3. The van der Waals surface area contributed by atoms with Crippen LogP contribution >= 0.6 is 23.2 Å². The molecule has 0 aliphatic carbocycles. The second-order valence-corrected chi connectivity index (χ2v) is 9.06. The molecule has 0 aromatic heterocycles. The van der Waals surface area contributed by atoms with Gasteiger partial charge >= 0.3 is 0 Å². The van der Waals surface area contributed by atoms with Gasteiger partial charge in [-0.05, 0) is 54.1 Å². The van der Waals surface area contributed by atoms with Crippen molar-refractivity contribution in [3.8, 4) is 0 Å². The molecule has 3 rings (SSSR count). The number of halogens is 3. The van der Waals surface area contributed by atoms with Crippen LogP contribution < -0.4 is 15.6 Å². The highest BCUT2D eigenvalue weighted by molar-refractivity contribution is 7.92. The van der Waals surface area contributed by atoms with Crippen LogP contribution in [0, 0.1) is 5.82 Å². The van der Waals surface area contributed by atoms with Crippen LogP contribution in [-0.2, 0) is 21.2 Å². The van der Waals surface area contributed by atoms with E-state index < -0.39 is 27.7 Å². The maximum atomic E-state index is 12.9. The Morgan fingerprint density at radius 2 is 1.59 bits per heavy atom. The third-order valence-electron chi connectivity index (χ3n) is 4.17. The van der Waals surface area contributed by atoms with E-state index in [1.165, 1.54) is 66.7 Å². The van der Waals surface area contributed by atoms with Crippen molar-refractivity contribution < 1.29 is 22.4 Å². The molecule has 3 aromatic rings. The summed E-state index contributed by atoms with van der Waals surface area (Å²) in [7, 11) is -3.98. The van der Waals surface area contributed by atoms with Crippen LogP contribution in [0.15, 0.2) is 71.6 Å². The van der Waals surface area contributed by atoms with Crippen LogP contribution in [0.4, 0.5) is 10.1 Å². The van der Waals surface area contributed by atoms with E-state index >= 15 is 0 Å². The number of hydrazine groups is 1. The van der Waals surface area contributed by atoms with E-state index in [0.717, 1.165) is 0 Å². The Morgan fingerprint density at radius 3 is 2.28 bits per heavy atom. The summed E-state index contributed by atoms with van der Waals surface area (Å²) in [6, 6.07) is 14.9. The van der Waals surface area contributed by atoms with Gasteiger partial charge < -0.3 is 0 Å². The van der Waals surface area contributed by atoms with Crippen molar-refractivity contribution in [1.82, 2.24) is 10.9 Å². The predicted octanol–water partition coefficient (Wildman–Crippen LogP) is 3.94. The van der Waals surface area contributed by atoms with Gasteiger partial charge in [0.25, 0.3) is 15.9 Å². The van der Waals surface area contributed by atoms with Gasteiger partial charge in [0.05, 0.1) is 21.4 Å². The summed E-state index contributed by atoms with van der Waals surface area (Å²) in [5, 5.41) is 0.296. The molecule has 0 atom stereocenters. The van der Waals surface area contributed by atoms with E-state index in [2.05, 4.69) is 15.6 Å². The lowest BCUT2D eigenvalue weighted by Gasteiger charge is -2.11. The van der Waals surface area contributed by atoms with Crippen molar-refractivity contribution >= 4 is 50.7 Å². The van der Waals surface area contributed by atoms with Crippen LogP contribution in [0.25, 0.3) is 0 Å². The fourth-order valence-electron chi connectivity index (χ4n) is 2.61. The summed E-state index contributed by atoms with van der Waals surface area (Å²) in [4.78, 5) is 24.2. The number of carbonyl (C=O) groups excluding carboxylic acids is 2. The molecule has 3 aromatic carbocycles. The molecule has 0 radical (unpaired) electrons. The van der Waals surface area contributed by atoms with Crippen molar-refractivity contribution in [3.05, 3.63) is 93.7 Å². The highest BCUT2D eigenvalue weighted by Crippen LogP contribution is 2.26. The molecule has 0 aliphatic rings. The van der Waals surface area contributed by atoms with Crippen LogP contribution in [0.1, 0.15) is 15.9 Å². The summed E-state index contributed by atoms with van der Waals surface area (Å²) >= 11 is 11.7. The zero-order valence-corrected chi connectivity index (χ0v) is 18.6. The Balaban J connectivity index is 1.63. The van der Waals surface area contributed by atoms with E-state index in [4.69, 9.17) is 23.2 Å². The molecule has 166 valence electrons. The van der Waals surface area contributed by atoms with E-state index in [-0.39, 0.29) is 32.6 Å². The lowest BCUT2D eigenvalue weighted by molar-refractivity contribution is -0.121. The smallest absolute Gasteiger partial charge is 0.269 e. The van der Waals surface area contributed by atoms with Crippen LogP contribution in [-0.4, -0.2) is 20.2 Å². The maximum Gasteiger partial charge on any atom is 0.269 e. The van der Waals surface area contributed by atoms with Gasteiger partial charge in [-0.1, -0.05) is 41.4 Å². The lowest BCUT2D eigenvalue weighted by Crippen LogP contribution is -2.42. The fraction of sp³-hybridized carbons (Fsp3) is 0.0476. The standard InChI is InChI=1S/C21H16Cl2FN3O4S/c22-18-9-8-17(12-19(18)23)32(30,31)27-16-3-1-2-14(11-16)21(29)26-25-20(28)10-13-4-6-15(24)7-5-13/h1-9,11-12,27H,10H2,(H,25,28)(H,26,29). The molecule has 2 amide bonds. The van der Waals surface area contributed by atoms with E-state index in [0.29, 0.717) is 5.56 Å². The van der Waals surface area contributed by atoms with Gasteiger partial charge in [0.2, 0.25) is 5.91 Å². The largest absolute Gasteiger partial charge is 0.280 e. The van der Waals surface area contributed by atoms with Gasteiger partial charge in [-0.2, -0.15) is 0 Å². The van der Waals surface area contributed by atoms with Crippen molar-refractivity contribution in [2.45, 2.75) is 11.3 Å². The molecule has 3 N–H and O–H groups in total. The van der Waals surface area contributed by atoms with Gasteiger partial charge in [-0.3, -0.25) is 25.2 Å². The Labute approximate surface area is 193 Å². The Bertz CT molecular complexity index is 1270. The van der Waals surface area contributed by atoms with Crippen molar-refractivity contribution in [3.63, 3.8) is 0 Å². The fourth-order valence-corrected chi connectivity index (χ4v) is 4.05. The lowest BCUT2D eigenvalue weighted by atomic mass is 10.1. The molecular formula is C21H16Cl2FN3O4S. The highest BCUT2D eigenvalue weighted by atomic mass is 35.5. The van der Waals surface area contributed by atoms with E-state index in [9.17, 15) is 22.4 Å². The molecule has 7 nitrogen and oxygen atoms in total. The normalized spacial score (nSPS) is 11.0. The monoisotopic (exact) mass is 495 g/mol. The molecule has 0 unspecified atom stereocenters. The minimum Gasteiger partial charge on any atom is -0.280 e. The van der Waals surface area contributed by atoms with Gasteiger partial charge in [0.1, 0.15) is 5.82 Å². The quantitative estimate of drug-likeness (QED) is 0.450. The average molecular weight is 496 g/mol. The number of benzene rings is 3. The minimum atomic E-state index is -3.98. The number of hydrogen-bond donors (Lipinski definition) is 3. The Hall–Kier alpha value is -3.14. The molecule has 0 heterocycles. The average Bonchev–Trinajstić information content (AvgIpc) is 2.75. The molecule has 11 heteroatoms. The van der Waals surface area contributed by atoms with Gasteiger partial charge in [0.15, 0.2) is 0 Å². The number of sulfonamides is 1. The van der Waals surface area contributed by atoms with Gasteiger partial charge in [-0.15, -0.1) is 0 Å². The SMILES string of the molecule is O=C(Cc1ccc(F)cc1)NNC(=O)c1cccc(NS(=O)(=O)c2ccc(Cl)c(Cl)c2)c1. The third kappa shape index (κ3) is 6.19. The zero-order chi connectivity index (χ0) is 23.3. The number of anilines is 1. The molecule has 0 saturated heterocycles. The van der Waals surface area contributed by atoms with E-state index in [1.54, 1.807) is 0 Å².